The molecule has 1 heterocycles. The van der Waals surface area contributed by atoms with E-state index in [1.165, 1.54) is 6.07 Å². The van der Waals surface area contributed by atoms with Crippen molar-refractivity contribution < 1.29 is 4.92 Å². The van der Waals surface area contributed by atoms with Gasteiger partial charge in [-0.3, -0.25) is 10.1 Å². The zero-order valence-corrected chi connectivity index (χ0v) is 5.52. The minimum absolute atomic E-state index is 0.107. The Morgan fingerprint density at radius 2 is 2.36 bits per heavy atom. The van der Waals surface area contributed by atoms with Gasteiger partial charge in [-0.15, -0.1) is 0 Å². The Labute approximate surface area is 63.8 Å². The Kier molecular flexibility index (Phi) is 1.76. The van der Waals surface area contributed by atoms with Gasteiger partial charge in [0.1, 0.15) is 19.9 Å². The SMILES string of the molecule is [B]c1cc([N+](=O)[O-])cnc1N. The molecule has 0 saturated heterocycles. The second kappa shape index (κ2) is 2.57. The van der Waals surface area contributed by atoms with Crippen LogP contribution in [0.3, 0.4) is 0 Å². The van der Waals surface area contributed by atoms with Crippen molar-refractivity contribution in [3.8, 4) is 0 Å². The normalized spacial score (nSPS) is 9.45. The van der Waals surface area contributed by atoms with Crippen LogP contribution in [0.5, 0.6) is 0 Å². The highest BCUT2D eigenvalue weighted by molar-refractivity contribution is 6.35. The van der Waals surface area contributed by atoms with Gasteiger partial charge in [0.2, 0.25) is 0 Å². The Morgan fingerprint density at radius 1 is 1.73 bits per heavy atom. The molecular weight excluding hydrogens is 145 g/mol. The number of pyridine rings is 1. The van der Waals surface area contributed by atoms with E-state index in [0.717, 1.165) is 6.20 Å². The van der Waals surface area contributed by atoms with Gasteiger partial charge in [-0.05, 0) is 5.46 Å². The van der Waals surface area contributed by atoms with Crippen molar-refractivity contribution in [3.63, 3.8) is 0 Å². The van der Waals surface area contributed by atoms with E-state index >= 15 is 0 Å². The molecule has 2 radical (unpaired) electrons. The number of aromatic nitrogens is 1. The Morgan fingerprint density at radius 3 is 2.82 bits per heavy atom. The van der Waals surface area contributed by atoms with Crippen molar-refractivity contribution in [1.82, 2.24) is 4.98 Å². The average Bonchev–Trinajstić information content (AvgIpc) is 1.94. The second-order valence-electron chi connectivity index (χ2n) is 1.93. The van der Waals surface area contributed by atoms with Crippen LogP contribution in [0.2, 0.25) is 0 Å². The fraction of sp³-hybridized carbons (Fsp3) is 0. The van der Waals surface area contributed by atoms with Gasteiger partial charge in [-0.2, -0.15) is 0 Å². The van der Waals surface area contributed by atoms with Crippen LogP contribution in [-0.4, -0.2) is 17.8 Å². The summed E-state index contributed by atoms with van der Waals surface area (Å²) in [6.07, 6.45) is 1.06. The first-order valence-electron chi connectivity index (χ1n) is 2.76. The molecule has 54 valence electrons. The van der Waals surface area contributed by atoms with Crippen LogP contribution in [0.25, 0.3) is 0 Å². The van der Waals surface area contributed by atoms with Crippen molar-refractivity contribution in [3.05, 3.63) is 22.4 Å². The van der Waals surface area contributed by atoms with Crippen molar-refractivity contribution in [2.75, 3.05) is 5.73 Å². The quantitative estimate of drug-likeness (QED) is 0.327. The highest BCUT2D eigenvalue weighted by Crippen LogP contribution is 2.06. The molecule has 0 spiro atoms. The summed E-state index contributed by atoms with van der Waals surface area (Å²) in [6.45, 7) is 0. The van der Waals surface area contributed by atoms with E-state index in [9.17, 15) is 10.1 Å². The summed E-state index contributed by atoms with van der Waals surface area (Å²) < 4.78 is 0. The van der Waals surface area contributed by atoms with E-state index in [1.54, 1.807) is 0 Å². The van der Waals surface area contributed by atoms with Gasteiger partial charge in [0.25, 0.3) is 5.69 Å². The maximum atomic E-state index is 10.1. The van der Waals surface area contributed by atoms with Crippen molar-refractivity contribution in [2.45, 2.75) is 0 Å². The lowest BCUT2D eigenvalue weighted by atomic mass is 9.97. The standard InChI is InChI=1S/C5H4BN3O2/c6-4-1-3(9(10)11)2-8-5(4)7/h1-2H,(H2,7,8). The van der Waals surface area contributed by atoms with Crippen molar-refractivity contribution >= 4 is 24.8 Å². The zero-order chi connectivity index (χ0) is 8.43. The summed E-state index contributed by atoms with van der Waals surface area (Å²) >= 11 is 0. The molecule has 1 aromatic heterocycles. The highest BCUT2D eigenvalue weighted by atomic mass is 16.6. The monoisotopic (exact) mass is 149 g/mol. The summed E-state index contributed by atoms with van der Waals surface area (Å²) in [4.78, 5) is 13.1. The summed E-state index contributed by atoms with van der Waals surface area (Å²) in [5.41, 5.74) is 5.20. The van der Waals surface area contributed by atoms with Crippen LogP contribution < -0.4 is 11.2 Å². The Hall–Kier alpha value is -1.59. The molecule has 0 unspecified atom stereocenters. The lowest BCUT2D eigenvalue weighted by molar-refractivity contribution is -0.385. The Bertz CT molecular complexity index is 302. The van der Waals surface area contributed by atoms with Gasteiger partial charge in [0, 0.05) is 6.07 Å². The first-order chi connectivity index (χ1) is 5.11. The van der Waals surface area contributed by atoms with Gasteiger partial charge < -0.3 is 5.73 Å². The topological polar surface area (TPSA) is 82.0 Å². The van der Waals surface area contributed by atoms with E-state index in [-0.39, 0.29) is 17.0 Å². The van der Waals surface area contributed by atoms with Crippen molar-refractivity contribution in [2.24, 2.45) is 0 Å². The molecule has 0 fully saturated rings. The zero-order valence-electron chi connectivity index (χ0n) is 5.52. The third kappa shape index (κ3) is 1.46. The molecule has 0 atom stereocenters. The molecule has 2 N–H and O–H groups in total. The number of nitrogen functional groups attached to an aromatic ring is 1. The Balaban J connectivity index is 3.15. The second-order valence-corrected chi connectivity index (χ2v) is 1.93. The minimum Gasteiger partial charge on any atom is -0.384 e. The van der Waals surface area contributed by atoms with Gasteiger partial charge >= 0.3 is 0 Å². The van der Waals surface area contributed by atoms with E-state index < -0.39 is 4.92 Å². The smallest absolute Gasteiger partial charge is 0.287 e. The van der Waals surface area contributed by atoms with E-state index in [2.05, 4.69) is 4.98 Å². The first-order valence-corrected chi connectivity index (χ1v) is 2.76. The summed E-state index contributed by atoms with van der Waals surface area (Å²) in [7, 11) is 5.27. The number of hydrogen-bond donors (Lipinski definition) is 1. The molecular formula is C5H4BN3O2. The number of nitrogens with zero attached hydrogens (tertiary/aromatic N) is 2. The fourth-order valence-electron chi connectivity index (χ4n) is 0.581. The van der Waals surface area contributed by atoms with Gasteiger partial charge in [0.05, 0.1) is 4.92 Å². The predicted molar refractivity (Wildman–Crippen MR) is 40.7 cm³/mol. The number of nitrogens with two attached hydrogens (primary N) is 1. The van der Waals surface area contributed by atoms with Gasteiger partial charge in [-0.1, -0.05) is 0 Å². The molecule has 1 rings (SSSR count). The van der Waals surface area contributed by atoms with E-state index in [4.69, 9.17) is 13.6 Å². The number of hydrogen-bond acceptors (Lipinski definition) is 4. The molecule has 0 aromatic carbocycles. The summed E-state index contributed by atoms with van der Waals surface area (Å²) in [6, 6.07) is 1.17. The van der Waals surface area contributed by atoms with Gasteiger partial charge in [0.15, 0.2) is 0 Å². The third-order valence-corrected chi connectivity index (χ3v) is 1.15. The molecule has 0 aliphatic rings. The third-order valence-electron chi connectivity index (χ3n) is 1.15. The largest absolute Gasteiger partial charge is 0.384 e. The summed E-state index contributed by atoms with van der Waals surface area (Å²) in [5.74, 6) is 0.107. The fourth-order valence-corrected chi connectivity index (χ4v) is 0.581. The number of rotatable bonds is 1. The molecule has 1 aromatic rings. The lowest BCUT2D eigenvalue weighted by Gasteiger charge is -1.96. The van der Waals surface area contributed by atoms with Crippen LogP contribution in [0.1, 0.15) is 0 Å². The van der Waals surface area contributed by atoms with Crippen LogP contribution in [0, 0.1) is 10.1 Å². The van der Waals surface area contributed by atoms with E-state index in [0.29, 0.717) is 0 Å². The molecule has 0 saturated carbocycles. The maximum Gasteiger partial charge on any atom is 0.287 e. The molecule has 11 heavy (non-hydrogen) atoms. The molecule has 0 amide bonds. The lowest BCUT2D eigenvalue weighted by Crippen LogP contribution is -2.12. The van der Waals surface area contributed by atoms with Crippen LogP contribution in [0.4, 0.5) is 11.5 Å². The van der Waals surface area contributed by atoms with E-state index in [1.807, 2.05) is 0 Å². The number of anilines is 1. The molecule has 0 bridgehead atoms. The molecule has 6 heteroatoms. The number of nitro groups is 1. The maximum absolute atomic E-state index is 10.1. The highest BCUT2D eigenvalue weighted by Gasteiger charge is 2.06. The van der Waals surface area contributed by atoms with Crippen LogP contribution >= 0.6 is 0 Å². The van der Waals surface area contributed by atoms with Crippen molar-refractivity contribution in [1.29, 1.82) is 0 Å². The predicted octanol–water partition coefficient (Wildman–Crippen LogP) is -0.634. The molecule has 0 aliphatic carbocycles. The molecule has 5 nitrogen and oxygen atoms in total. The van der Waals surface area contributed by atoms with Crippen LogP contribution in [-0.2, 0) is 0 Å². The molecule has 0 aliphatic heterocycles. The van der Waals surface area contributed by atoms with Crippen LogP contribution in [0.15, 0.2) is 12.3 Å². The average molecular weight is 149 g/mol. The first kappa shape index (κ1) is 7.52. The minimum atomic E-state index is -0.581. The summed E-state index contributed by atoms with van der Waals surface area (Å²) in [5, 5.41) is 10.1. The van der Waals surface area contributed by atoms with Gasteiger partial charge in [-0.25, -0.2) is 4.98 Å².